The van der Waals surface area contributed by atoms with Crippen LogP contribution < -0.4 is 4.74 Å². The summed E-state index contributed by atoms with van der Waals surface area (Å²) < 4.78 is 6.92. The monoisotopic (exact) mass is 432 g/mol. The quantitative estimate of drug-likeness (QED) is 0.233. The summed E-state index contributed by atoms with van der Waals surface area (Å²) in [5, 5.41) is 4.69. The van der Waals surface area contributed by atoms with E-state index >= 15 is 0 Å². The minimum absolute atomic E-state index is 0.426. The SMILES string of the molecule is c1ccc2c(c1)-c1ccccc1C21c2ccc3ccccc3c2Oc2c1ccc1ccccc21. The minimum atomic E-state index is -0.426. The van der Waals surface area contributed by atoms with Crippen LogP contribution in [0.4, 0.5) is 0 Å². The molecule has 0 amide bonds. The van der Waals surface area contributed by atoms with E-state index in [1.165, 1.54) is 44.2 Å². The van der Waals surface area contributed by atoms with Crippen molar-refractivity contribution in [1.82, 2.24) is 0 Å². The summed E-state index contributed by atoms with van der Waals surface area (Å²) in [5.74, 6) is 1.93. The van der Waals surface area contributed by atoms with Crippen LogP contribution in [0.15, 0.2) is 121 Å². The van der Waals surface area contributed by atoms with Crippen LogP contribution in [0, 0.1) is 0 Å². The molecule has 0 unspecified atom stereocenters. The first-order valence-corrected chi connectivity index (χ1v) is 11.8. The molecule has 158 valence electrons. The molecule has 1 spiro atoms. The number of hydrogen-bond acceptors (Lipinski definition) is 1. The molecule has 0 bridgehead atoms. The third-order valence-electron chi connectivity index (χ3n) is 7.72. The van der Waals surface area contributed by atoms with Gasteiger partial charge in [0, 0.05) is 21.9 Å². The van der Waals surface area contributed by atoms with Crippen molar-refractivity contribution < 1.29 is 4.74 Å². The van der Waals surface area contributed by atoms with E-state index in [0.717, 1.165) is 22.3 Å². The molecule has 34 heavy (non-hydrogen) atoms. The topological polar surface area (TPSA) is 9.23 Å². The lowest BCUT2D eigenvalue weighted by Crippen LogP contribution is -2.32. The maximum atomic E-state index is 6.92. The Hall–Kier alpha value is -4.36. The summed E-state index contributed by atoms with van der Waals surface area (Å²) in [4.78, 5) is 0. The van der Waals surface area contributed by atoms with Crippen molar-refractivity contribution in [2.24, 2.45) is 0 Å². The van der Waals surface area contributed by atoms with Gasteiger partial charge in [-0.1, -0.05) is 121 Å². The lowest BCUT2D eigenvalue weighted by Gasteiger charge is -2.40. The highest BCUT2D eigenvalue weighted by atomic mass is 16.5. The second-order valence-electron chi connectivity index (χ2n) is 9.27. The van der Waals surface area contributed by atoms with Gasteiger partial charge in [-0.25, -0.2) is 0 Å². The van der Waals surface area contributed by atoms with Gasteiger partial charge in [-0.3, -0.25) is 0 Å². The first kappa shape index (κ1) is 18.1. The highest BCUT2D eigenvalue weighted by molar-refractivity contribution is 5.99. The molecule has 0 aromatic heterocycles. The summed E-state index contributed by atoms with van der Waals surface area (Å²) in [6, 6.07) is 43.9. The lowest BCUT2D eigenvalue weighted by molar-refractivity contribution is 0.447. The molecule has 0 fully saturated rings. The van der Waals surface area contributed by atoms with Gasteiger partial charge >= 0.3 is 0 Å². The van der Waals surface area contributed by atoms with Gasteiger partial charge in [0.1, 0.15) is 11.5 Å². The average Bonchev–Trinajstić information content (AvgIpc) is 3.20. The average molecular weight is 433 g/mol. The molecular weight excluding hydrogens is 412 g/mol. The Morgan fingerprint density at radius 3 is 1.35 bits per heavy atom. The first-order valence-electron chi connectivity index (χ1n) is 11.8. The Balaban J connectivity index is 1.63. The van der Waals surface area contributed by atoms with Crippen molar-refractivity contribution in [2.75, 3.05) is 0 Å². The summed E-state index contributed by atoms with van der Waals surface area (Å²) in [5.41, 5.74) is 7.26. The third-order valence-corrected chi connectivity index (χ3v) is 7.72. The van der Waals surface area contributed by atoms with Gasteiger partial charge in [0.05, 0.1) is 5.41 Å². The third kappa shape index (κ3) is 2.06. The number of benzene rings is 6. The molecule has 0 saturated carbocycles. The van der Waals surface area contributed by atoms with Crippen LogP contribution in [-0.2, 0) is 5.41 Å². The predicted octanol–water partition coefficient (Wildman–Crippen LogP) is 8.46. The van der Waals surface area contributed by atoms with Crippen LogP contribution in [0.2, 0.25) is 0 Å². The van der Waals surface area contributed by atoms with E-state index in [0.29, 0.717) is 0 Å². The van der Waals surface area contributed by atoms with Gasteiger partial charge in [-0.05, 0) is 33.0 Å². The summed E-state index contributed by atoms with van der Waals surface area (Å²) in [7, 11) is 0. The van der Waals surface area contributed by atoms with Crippen LogP contribution in [0.5, 0.6) is 11.5 Å². The predicted molar refractivity (Wildman–Crippen MR) is 139 cm³/mol. The van der Waals surface area contributed by atoms with E-state index in [4.69, 9.17) is 4.74 Å². The molecule has 6 aromatic rings. The molecule has 1 nitrogen and oxygen atoms in total. The van der Waals surface area contributed by atoms with E-state index in [-0.39, 0.29) is 0 Å². The number of rotatable bonds is 0. The van der Waals surface area contributed by atoms with E-state index in [2.05, 4.69) is 121 Å². The molecule has 6 aromatic carbocycles. The second-order valence-corrected chi connectivity index (χ2v) is 9.27. The Morgan fingerprint density at radius 1 is 0.382 bits per heavy atom. The van der Waals surface area contributed by atoms with Gasteiger partial charge in [0.2, 0.25) is 0 Å². The molecule has 1 aliphatic heterocycles. The minimum Gasteiger partial charge on any atom is -0.455 e. The molecule has 1 heteroatoms. The van der Waals surface area contributed by atoms with Gasteiger partial charge in [-0.2, -0.15) is 0 Å². The van der Waals surface area contributed by atoms with Crippen LogP contribution in [0.3, 0.4) is 0 Å². The molecule has 0 saturated heterocycles. The van der Waals surface area contributed by atoms with Gasteiger partial charge in [-0.15, -0.1) is 0 Å². The molecule has 0 atom stereocenters. The highest BCUT2D eigenvalue weighted by Gasteiger charge is 2.51. The molecule has 2 aliphatic rings. The van der Waals surface area contributed by atoms with E-state index in [9.17, 15) is 0 Å². The van der Waals surface area contributed by atoms with Gasteiger partial charge in [0.15, 0.2) is 0 Å². The normalized spacial score (nSPS) is 14.4. The van der Waals surface area contributed by atoms with Crippen molar-refractivity contribution in [3.8, 4) is 22.6 Å². The largest absolute Gasteiger partial charge is 0.455 e. The lowest BCUT2D eigenvalue weighted by atomic mass is 9.65. The Labute approximate surface area is 197 Å². The molecule has 8 rings (SSSR count). The Morgan fingerprint density at radius 2 is 0.824 bits per heavy atom. The Kier molecular flexibility index (Phi) is 3.39. The van der Waals surface area contributed by atoms with Crippen molar-refractivity contribution >= 4 is 21.5 Å². The highest BCUT2D eigenvalue weighted by Crippen LogP contribution is 2.63. The summed E-state index contributed by atoms with van der Waals surface area (Å²) >= 11 is 0. The summed E-state index contributed by atoms with van der Waals surface area (Å²) in [6.45, 7) is 0. The van der Waals surface area contributed by atoms with Crippen molar-refractivity contribution in [3.63, 3.8) is 0 Å². The molecule has 1 heterocycles. The summed E-state index contributed by atoms with van der Waals surface area (Å²) in [6.07, 6.45) is 0. The number of fused-ring (bicyclic) bond motifs is 13. The zero-order valence-electron chi connectivity index (χ0n) is 18.5. The van der Waals surface area contributed by atoms with E-state index in [1.54, 1.807) is 0 Å². The van der Waals surface area contributed by atoms with E-state index < -0.39 is 5.41 Å². The van der Waals surface area contributed by atoms with Crippen LogP contribution in [0.1, 0.15) is 22.3 Å². The Bertz CT molecular complexity index is 1660. The van der Waals surface area contributed by atoms with Gasteiger partial charge < -0.3 is 4.74 Å². The maximum absolute atomic E-state index is 6.92. The zero-order chi connectivity index (χ0) is 22.3. The van der Waals surface area contributed by atoms with Crippen LogP contribution in [-0.4, -0.2) is 0 Å². The van der Waals surface area contributed by atoms with E-state index in [1.807, 2.05) is 0 Å². The van der Waals surface area contributed by atoms with Crippen molar-refractivity contribution in [2.45, 2.75) is 5.41 Å². The van der Waals surface area contributed by atoms with Gasteiger partial charge in [0.25, 0.3) is 0 Å². The smallest absolute Gasteiger partial charge is 0.140 e. The molecule has 0 radical (unpaired) electrons. The fraction of sp³-hybridized carbons (Fsp3) is 0.0303. The van der Waals surface area contributed by atoms with Crippen molar-refractivity contribution in [1.29, 1.82) is 0 Å². The number of ether oxygens (including phenoxy) is 1. The van der Waals surface area contributed by atoms with Crippen LogP contribution >= 0.6 is 0 Å². The zero-order valence-corrected chi connectivity index (χ0v) is 18.5. The molecular formula is C33H20O. The fourth-order valence-electron chi connectivity index (χ4n) is 6.36. The molecule has 0 N–H and O–H groups in total. The maximum Gasteiger partial charge on any atom is 0.140 e. The second kappa shape index (κ2) is 6.36. The van der Waals surface area contributed by atoms with Crippen molar-refractivity contribution in [3.05, 3.63) is 144 Å². The number of hydrogen-bond donors (Lipinski definition) is 0. The van der Waals surface area contributed by atoms with Crippen LogP contribution in [0.25, 0.3) is 32.7 Å². The fourth-order valence-corrected chi connectivity index (χ4v) is 6.36. The molecule has 1 aliphatic carbocycles. The first-order chi connectivity index (χ1) is 16.9. The standard InChI is InChI=1S/C33H20O/c1-3-11-23-21(9-1)17-19-29-31(23)34-32-24-12-4-2-10-22(24)18-20-30(32)33(29)27-15-7-5-13-25(27)26-14-6-8-16-28(26)33/h1-20H.